The number of nitrogens with one attached hydrogen (secondary N) is 1. The van der Waals surface area contributed by atoms with Gasteiger partial charge in [0.2, 0.25) is 0 Å². The molecule has 0 spiro atoms. The fourth-order valence-electron chi connectivity index (χ4n) is 2.37. The molecule has 0 unspecified atom stereocenters. The molecule has 0 radical (unpaired) electrons. The average Bonchev–Trinajstić information content (AvgIpc) is 2.56. The highest BCUT2D eigenvalue weighted by Gasteiger charge is 2.14. The maximum absolute atomic E-state index is 12.3. The Labute approximate surface area is 144 Å². The Morgan fingerprint density at radius 2 is 1.84 bits per heavy atom. The molecule has 0 aromatic heterocycles. The van der Waals surface area contributed by atoms with Crippen molar-refractivity contribution in [2.75, 3.05) is 5.32 Å². The highest BCUT2D eigenvalue weighted by Crippen LogP contribution is 2.19. The number of nitro benzene ring substituents is 1. The molecule has 25 heavy (non-hydrogen) atoms. The van der Waals surface area contributed by atoms with E-state index in [1.165, 1.54) is 12.1 Å². The zero-order valence-corrected chi connectivity index (χ0v) is 13.7. The predicted octanol–water partition coefficient (Wildman–Crippen LogP) is 3.56. The number of carbonyl (C=O) groups is 2. The number of amides is 1. The molecule has 2 aromatic carbocycles. The van der Waals surface area contributed by atoms with Crippen molar-refractivity contribution < 1.29 is 19.6 Å². The molecular formula is C18H18N2O5. The third-order valence-corrected chi connectivity index (χ3v) is 3.74. The van der Waals surface area contributed by atoms with Gasteiger partial charge in [-0.3, -0.25) is 19.7 Å². The van der Waals surface area contributed by atoms with Gasteiger partial charge in [-0.25, -0.2) is 0 Å². The SMILES string of the molecule is Cc1ccc([N+](=O)[O-])cc1C(=O)Nc1ccc(CCCC(=O)O)cc1. The summed E-state index contributed by atoms with van der Waals surface area (Å²) in [5.74, 6) is -1.24. The van der Waals surface area contributed by atoms with E-state index in [2.05, 4.69) is 5.32 Å². The number of benzene rings is 2. The van der Waals surface area contributed by atoms with Crippen molar-refractivity contribution in [1.29, 1.82) is 0 Å². The lowest BCUT2D eigenvalue weighted by Gasteiger charge is -2.08. The summed E-state index contributed by atoms with van der Waals surface area (Å²) in [7, 11) is 0. The van der Waals surface area contributed by atoms with Crippen molar-refractivity contribution in [2.24, 2.45) is 0 Å². The topological polar surface area (TPSA) is 110 Å². The normalized spacial score (nSPS) is 10.3. The fraction of sp³-hybridized carbons (Fsp3) is 0.222. The predicted molar refractivity (Wildman–Crippen MR) is 92.8 cm³/mol. The largest absolute Gasteiger partial charge is 0.481 e. The smallest absolute Gasteiger partial charge is 0.303 e. The first-order chi connectivity index (χ1) is 11.9. The molecule has 2 N–H and O–H groups in total. The molecule has 0 saturated heterocycles. The van der Waals surface area contributed by atoms with Gasteiger partial charge in [0.1, 0.15) is 0 Å². The van der Waals surface area contributed by atoms with Crippen molar-refractivity contribution in [3.05, 3.63) is 69.3 Å². The van der Waals surface area contributed by atoms with Crippen LogP contribution in [-0.2, 0) is 11.2 Å². The summed E-state index contributed by atoms with van der Waals surface area (Å²) >= 11 is 0. The maximum Gasteiger partial charge on any atom is 0.303 e. The lowest BCUT2D eigenvalue weighted by molar-refractivity contribution is -0.384. The quantitative estimate of drug-likeness (QED) is 0.590. The van der Waals surface area contributed by atoms with Crippen LogP contribution in [0.15, 0.2) is 42.5 Å². The number of carboxylic acids is 1. The van der Waals surface area contributed by atoms with E-state index in [0.717, 1.165) is 5.56 Å². The lowest BCUT2D eigenvalue weighted by Crippen LogP contribution is -2.13. The van der Waals surface area contributed by atoms with Crippen LogP contribution in [0.2, 0.25) is 0 Å². The third-order valence-electron chi connectivity index (χ3n) is 3.74. The second-order valence-corrected chi connectivity index (χ2v) is 5.65. The molecule has 0 saturated carbocycles. The molecule has 0 atom stereocenters. The summed E-state index contributed by atoms with van der Waals surface area (Å²) in [6.07, 6.45) is 1.31. The van der Waals surface area contributed by atoms with Gasteiger partial charge in [0, 0.05) is 29.8 Å². The number of hydrogen-bond acceptors (Lipinski definition) is 4. The number of nitrogens with zero attached hydrogens (tertiary/aromatic N) is 1. The Hall–Kier alpha value is -3.22. The molecule has 0 aliphatic heterocycles. The molecule has 2 rings (SSSR count). The van der Waals surface area contributed by atoms with Crippen molar-refractivity contribution in [1.82, 2.24) is 0 Å². The van der Waals surface area contributed by atoms with Crippen LogP contribution < -0.4 is 5.32 Å². The Morgan fingerprint density at radius 1 is 1.16 bits per heavy atom. The van der Waals surface area contributed by atoms with E-state index in [0.29, 0.717) is 24.1 Å². The molecule has 130 valence electrons. The van der Waals surface area contributed by atoms with Gasteiger partial charge in [0.05, 0.1) is 4.92 Å². The number of hydrogen-bond donors (Lipinski definition) is 2. The summed E-state index contributed by atoms with van der Waals surface area (Å²) in [5.41, 5.74) is 2.31. The van der Waals surface area contributed by atoms with Gasteiger partial charge in [-0.05, 0) is 43.0 Å². The van der Waals surface area contributed by atoms with Crippen LogP contribution in [0.3, 0.4) is 0 Å². The Balaban J connectivity index is 2.04. The summed E-state index contributed by atoms with van der Waals surface area (Å²) in [4.78, 5) is 33.2. The van der Waals surface area contributed by atoms with Crippen LogP contribution in [0.1, 0.15) is 34.3 Å². The van der Waals surface area contributed by atoms with Crippen LogP contribution in [0, 0.1) is 17.0 Å². The first-order valence-electron chi connectivity index (χ1n) is 7.74. The Kier molecular flexibility index (Phi) is 5.84. The van der Waals surface area contributed by atoms with E-state index in [4.69, 9.17) is 5.11 Å². The van der Waals surface area contributed by atoms with Gasteiger partial charge in [-0.1, -0.05) is 18.2 Å². The van der Waals surface area contributed by atoms with Gasteiger partial charge in [0.25, 0.3) is 11.6 Å². The standard InChI is InChI=1S/C18H18N2O5/c1-12-5-10-15(20(24)25)11-16(12)18(23)19-14-8-6-13(7-9-14)3-2-4-17(21)22/h5-11H,2-4H2,1H3,(H,19,23)(H,21,22). The number of nitro groups is 1. The Bertz CT molecular complexity index is 800. The van der Waals surface area contributed by atoms with E-state index < -0.39 is 16.8 Å². The van der Waals surface area contributed by atoms with Gasteiger partial charge in [-0.15, -0.1) is 0 Å². The number of anilines is 1. The van der Waals surface area contributed by atoms with E-state index >= 15 is 0 Å². The van der Waals surface area contributed by atoms with Crippen LogP contribution in [0.25, 0.3) is 0 Å². The summed E-state index contributed by atoms with van der Waals surface area (Å²) in [6, 6.07) is 11.2. The lowest BCUT2D eigenvalue weighted by atomic mass is 10.1. The molecule has 0 aliphatic carbocycles. The zero-order chi connectivity index (χ0) is 18.4. The first-order valence-corrected chi connectivity index (χ1v) is 7.74. The van der Waals surface area contributed by atoms with Crippen molar-refractivity contribution in [3.8, 4) is 0 Å². The highest BCUT2D eigenvalue weighted by atomic mass is 16.6. The minimum Gasteiger partial charge on any atom is -0.481 e. The number of rotatable bonds is 7. The van der Waals surface area contributed by atoms with E-state index in [9.17, 15) is 19.7 Å². The Morgan fingerprint density at radius 3 is 2.44 bits per heavy atom. The summed E-state index contributed by atoms with van der Waals surface area (Å²) in [6.45, 7) is 1.71. The summed E-state index contributed by atoms with van der Waals surface area (Å²) < 4.78 is 0. The maximum atomic E-state index is 12.3. The number of non-ortho nitro benzene ring substituents is 1. The molecule has 0 fully saturated rings. The second-order valence-electron chi connectivity index (χ2n) is 5.65. The third kappa shape index (κ3) is 5.13. The summed E-state index contributed by atoms with van der Waals surface area (Å²) in [5, 5.41) is 22.2. The molecule has 0 aliphatic rings. The second kappa shape index (κ2) is 8.05. The minimum absolute atomic E-state index is 0.116. The number of carbonyl (C=O) groups excluding carboxylic acids is 1. The minimum atomic E-state index is -0.823. The molecule has 2 aromatic rings. The van der Waals surface area contributed by atoms with Crippen molar-refractivity contribution >= 4 is 23.3 Å². The number of aryl methyl sites for hydroxylation is 2. The van der Waals surface area contributed by atoms with E-state index in [1.54, 1.807) is 25.1 Å². The van der Waals surface area contributed by atoms with Gasteiger partial charge < -0.3 is 10.4 Å². The van der Waals surface area contributed by atoms with Crippen molar-refractivity contribution in [3.63, 3.8) is 0 Å². The van der Waals surface area contributed by atoms with E-state index in [-0.39, 0.29) is 17.7 Å². The fourth-order valence-corrected chi connectivity index (χ4v) is 2.37. The van der Waals surface area contributed by atoms with Crippen LogP contribution in [0.5, 0.6) is 0 Å². The van der Waals surface area contributed by atoms with Crippen LogP contribution >= 0.6 is 0 Å². The molecular weight excluding hydrogens is 324 g/mol. The molecule has 0 bridgehead atoms. The first kappa shape index (κ1) is 18.1. The molecule has 0 heterocycles. The number of carboxylic acid groups (broad SMARTS) is 1. The molecule has 7 nitrogen and oxygen atoms in total. The van der Waals surface area contributed by atoms with Crippen molar-refractivity contribution in [2.45, 2.75) is 26.2 Å². The van der Waals surface area contributed by atoms with Gasteiger partial charge in [-0.2, -0.15) is 0 Å². The van der Waals surface area contributed by atoms with E-state index in [1.807, 2.05) is 12.1 Å². The monoisotopic (exact) mass is 342 g/mol. The number of aliphatic carboxylic acids is 1. The zero-order valence-electron chi connectivity index (χ0n) is 13.7. The van der Waals surface area contributed by atoms with Gasteiger partial charge in [0.15, 0.2) is 0 Å². The molecule has 7 heteroatoms. The highest BCUT2D eigenvalue weighted by molar-refractivity contribution is 6.05. The van der Waals surface area contributed by atoms with Crippen LogP contribution in [0.4, 0.5) is 11.4 Å². The van der Waals surface area contributed by atoms with Gasteiger partial charge >= 0.3 is 5.97 Å². The average molecular weight is 342 g/mol. The van der Waals surface area contributed by atoms with Crippen LogP contribution in [-0.4, -0.2) is 21.9 Å². The molecule has 1 amide bonds.